The van der Waals surface area contributed by atoms with Gasteiger partial charge in [-0.1, -0.05) is 12.1 Å². The number of nitrogens with zero attached hydrogens (tertiary/aromatic N) is 1. The Morgan fingerprint density at radius 3 is 2.62 bits per heavy atom. The van der Waals surface area contributed by atoms with E-state index < -0.39 is 9.84 Å². The number of halogens is 1. The molecule has 5 nitrogen and oxygen atoms in total. The van der Waals surface area contributed by atoms with Crippen molar-refractivity contribution in [1.29, 1.82) is 0 Å². The number of carbonyl (C=O) groups excluding carboxylic acids is 1. The van der Waals surface area contributed by atoms with Gasteiger partial charge in [-0.25, -0.2) is 18.2 Å². The maximum absolute atomic E-state index is 12.8. The molecule has 0 saturated carbocycles. The zero-order chi connectivity index (χ0) is 15.5. The van der Waals surface area contributed by atoms with E-state index in [0.29, 0.717) is 17.7 Å². The van der Waals surface area contributed by atoms with Crippen molar-refractivity contribution in [2.24, 2.45) is 11.0 Å². The number of rotatable bonds is 4. The van der Waals surface area contributed by atoms with Crippen LogP contribution in [0, 0.1) is 11.7 Å². The summed E-state index contributed by atoms with van der Waals surface area (Å²) in [6, 6.07) is 5.78. The van der Waals surface area contributed by atoms with Crippen LogP contribution < -0.4 is 5.43 Å². The minimum Gasteiger partial charge on any atom is -0.273 e. The van der Waals surface area contributed by atoms with Crippen LogP contribution in [-0.2, 0) is 14.6 Å². The van der Waals surface area contributed by atoms with E-state index in [4.69, 9.17) is 0 Å². The minimum atomic E-state index is -2.97. The van der Waals surface area contributed by atoms with Crippen molar-refractivity contribution in [2.45, 2.75) is 19.8 Å². The second-order valence-electron chi connectivity index (χ2n) is 5.21. The SMILES string of the molecule is C/C(=N/NC(=O)C[C@@H]1CCS(=O)(=O)C1)c1ccc(F)cc1. The van der Waals surface area contributed by atoms with Gasteiger partial charge in [-0.3, -0.25) is 4.79 Å². The average molecular weight is 312 g/mol. The number of sulfone groups is 1. The van der Waals surface area contributed by atoms with Crippen LogP contribution in [0.15, 0.2) is 29.4 Å². The number of nitrogens with one attached hydrogen (secondary N) is 1. The molecular formula is C14H17FN2O3S. The predicted octanol–water partition coefficient (Wildman–Crippen LogP) is 1.49. The van der Waals surface area contributed by atoms with Crippen molar-refractivity contribution in [2.75, 3.05) is 11.5 Å². The van der Waals surface area contributed by atoms with Crippen LogP contribution in [0.5, 0.6) is 0 Å². The summed E-state index contributed by atoms with van der Waals surface area (Å²) >= 11 is 0. The molecule has 0 radical (unpaired) electrons. The second-order valence-corrected chi connectivity index (χ2v) is 7.44. The molecule has 1 aromatic carbocycles. The number of benzene rings is 1. The molecule has 1 heterocycles. The molecule has 1 saturated heterocycles. The highest BCUT2D eigenvalue weighted by molar-refractivity contribution is 7.91. The van der Waals surface area contributed by atoms with Crippen LogP contribution in [-0.4, -0.2) is 31.5 Å². The third-order valence-corrected chi connectivity index (χ3v) is 5.25. The largest absolute Gasteiger partial charge is 0.273 e. The third-order valence-electron chi connectivity index (χ3n) is 3.41. The lowest BCUT2D eigenvalue weighted by Gasteiger charge is -2.06. The van der Waals surface area contributed by atoms with Gasteiger partial charge in [0.15, 0.2) is 9.84 Å². The maximum Gasteiger partial charge on any atom is 0.240 e. The number of hydrogen-bond donors (Lipinski definition) is 1. The van der Waals surface area contributed by atoms with E-state index in [1.54, 1.807) is 19.1 Å². The third kappa shape index (κ3) is 4.63. The highest BCUT2D eigenvalue weighted by Gasteiger charge is 2.29. The molecule has 21 heavy (non-hydrogen) atoms. The van der Waals surface area contributed by atoms with Gasteiger partial charge in [0.2, 0.25) is 5.91 Å². The van der Waals surface area contributed by atoms with Crippen LogP contribution in [0.3, 0.4) is 0 Å². The zero-order valence-corrected chi connectivity index (χ0v) is 12.5. The lowest BCUT2D eigenvalue weighted by Crippen LogP contribution is -2.22. The molecule has 1 aliphatic rings. The Kier molecular flexibility index (Phi) is 4.72. The molecule has 1 aromatic rings. The van der Waals surface area contributed by atoms with Crippen molar-refractivity contribution >= 4 is 21.5 Å². The van der Waals surface area contributed by atoms with Gasteiger partial charge in [0.25, 0.3) is 0 Å². The molecule has 1 amide bonds. The van der Waals surface area contributed by atoms with E-state index >= 15 is 0 Å². The van der Waals surface area contributed by atoms with E-state index in [0.717, 1.165) is 0 Å². The number of carbonyl (C=O) groups is 1. The Labute approximate surface area is 123 Å². The normalized spacial score (nSPS) is 21.2. The fourth-order valence-electron chi connectivity index (χ4n) is 2.24. The highest BCUT2D eigenvalue weighted by Crippen LogP contribution is 2.21. The summed E-state index contributed by atoms with van der Waals surface area (Å²) in [5, 5.41) is 3.95. The quantitative estimate of drug-likeness (QED) is 0.676. The first-order valence-electron chi connectivity index (χ1n) is 6.65. The van der Waals surface area contributed by atoms with Crippen LogP contribution in [0.1, 0.15) is 25.3 Å². The predicted molar refractivity (Wildman–Crippen MR) is 78.1 cm³/mol. The summed E-state index contributed by atoms with van der Waals surface area (Å²) in [6.07, 6.45) is 0.676. The van der Waals surface area contributed by atoms with Crippen LogP contribution >= 0.6 is 0 Å². The van der Waals surface area contributed by atoms with Gasteiger partial charge in [-0.05, 0) is 37.0 Å². The summed E-state index contributed by atoms with van der Waals surface area (Å²) in [6.45, 7) is 1.70. The summed E-state index contributed by atoms with van der Waals surface area (Å²) in [4.78, 5) is 11.7. The molecule has 0 aliphatic carbocycles. The van der Waals surface area contributed by atoms with Gasteiger partial charge >= 0.3 is 0 Å². The molecule has 1 atom stereocenters. The molecule has 1 N–H and O–H groups in total. The molecule has 0 aromatic heterocycles. The van der Waals surface area contributed by atoms with E-state index in [-0.39, 0.29) is 35.6 Å². The lowest BCUT2D eigenvalue weighted by atomic mass is 10.1. The monoisotopic (exact) mass is 312 g/mol. The lowest BCUT2D eigenvalue weighted by molar-refractivity contribution is -0.121. The van der Waals surface area contributed by atoms with Crippen LogP contribution in [0.2, 0.25) is 0 Å². The zero-order valence-electron chi connectivity index (χ0n) is 11.7. The van der Waals surface area contributed by atoms with Crippen LogP contribution in [0.25, 0.3) is 0 Å². The molecule has 0 spiro atoms. The average Bonchev–Trinajstić information content (AvgIpc) is 2.76. The standard InChI is InChI=1S/C14H17FN2O3S/c1-10(12-2-4-13(15)5-3-12)16-17-14(18)8-11-6-7-21(19,20)9-11/h2-5,11H,6-9H2,1H3,(H,17,18)/b16-10-/t11-/m0/s1. The summed E-state index contributed by atoms with van der Waals surface area (Å²) in [7, 11) is -2.97. The Morgan fingerprint density at radius 2 is 2.05 bits per heavy atom. The van der Waals surface area contributed by atoms with E-state index in [1.807, 2.05) is 0 Å². The van der Waals surface area contributed by atoms with Gasteiger partial charge in [0, 0.05) is 6.42 Å². The molecule has 7 heteroatoms. The van der Waals surface area contributed by atoms with Gasteiger partial charge in [0.1, 0.15) is 5.82 Å². The fourth-order valence-corrected chi connectivity index (χ4v) is 4.10. The van der Waals surface area contributed by atoms with Crippen molar-refractivity contribution in [1.82, 2.24) is 5.43 Å². The summed E-state index contributed by atoms with van der Waals surface area (Å²) < 4.78 is 35.4. The Balaban J connectivity index is 1.88. The molecule has 2 rings (SSSR count). The van der Waals surface area contributed by atoms with Gasteiger partial charge < -0.3 is 0 Å². The number of hydrazone groups is 1. The number of amides is 1. The molecule has 0 bridgehead atoms. The summed E-state index contributed by atoms with van der Waals surface area (Å²) in [5.74, 6) is -0.544. The van der Waals surface area contributed by atoms with E-state index in [9.17, 15) is 17.6 Å². The van der Waals surface area contributed by atoms with Crippen LogP contribution in [0.4, 0.5) is 4.39 Å². The van der Waals surface area contributed by atoms with Gasteiger partial charge in [-0.2, -0.15) is 5.10 Å². The van der Waals surface area contributed by atoms with E-state index in [2.05, 4.69) is 10.5 Å². The van der Waals surface area contributed by atoms with Gasteiger partial charge in [0.05, 0.1) is 17.2 Å². The minimum absolute atomic E-state index is 0.0705. The second kappa shape index (κ2) is 6.34. The van der Waals surface area contributed by atoms with Crippen molar-refractivity contribution < 1.29 is 17.6 Å². The van der Waals surface area contributed by atoms with Crippen molar-refractivity contribution in [3.8, 4) is 0 Å². The molecule has 0 unspecified atom stereocenters. The Hall–Kier alpha value is -1.76. The van der Waals surface area contributed by atoms with Gasteiger partial charge in [-0.15, -0.1) is 0 Å². The van der Waals surface area contributed by atoms with Crippen molar-refractivity contribution in [3.05, 3.63) is 35.6 Å². The first-order chi connectivity index (χ1) is 9.85. The summed E-state index contributed by atoms with van der Waals surface area (Å²) in [5.41, 5.74) is 3.68. The first-order valence-corrected chi connectivity index (χ1v) is 8.47. The Morgan fingerprint density at radius 1 is 1.38 bits per heavy atom. The topological polar surface area (TPSA) is 75.6 Å². The molecule has 114 valence electrons. The number of hydrogen-bond acceptors (Lipinski definition) is 4. The van der Waals surface area contributed by atoms with E-state index in [1.165, 1.54) is 12.1 Å². The van der Waals surface area contributed by atoms with Crippen molar-refractivity contribution in [3.63, 3.8) is 0 Å². The molecule has 1 aliphatic heterocycles. The fraction of sp³-hybridized carbons (Fsp3) is 0.429. The smallest absolute Gasteiger partial charge is 0.240 e. The first kappa shape index (κ1) is 15.6. The maximum atomic E-state index is 12.8. The molecular weight excluding hydrogens is 295 g/mol. The Bertz CT molecular complexity index is 653. The molecule has 1 fully saturated rings. The highest BCUT2D eigenvalue weighted by atomic mass is 32.2.